The van der Waals surface area contributed by atoms with Gasteiger partial charge < -0.3 is 10.1 Å². The zero-order valence-electron chi connectivity index (χ0n) is 12.3. The van der Waals surface area contributed by atoms with E-state index in [0.29, 0.717) is 12.3 Å². The first-order valence-corrected chi connectivity index (χ1v) is 6.62. The van der Waals surface area contributed by atoms with Crippen molar-refractivity contribution in [1.82, 2.24) is 20.3 Å². The number of ether oxygens (including phenoxy) is 1. The van der Waals surface area contributed by atoms with Crippen molar-refractivity contribution in [2.45, 2.75) is 26.3 Å². The van der Waals surface area contributed by atoms with Gasteiger partial charge in [0.1, 0.15) is 5.82 Å². The van der Waals surface area contributed by atoms with Crippen LogP contribution in [0.3, 0.4) is 0 Å². The average molecular weight is 272 g/mol. The van der Waals surface area contributed by atoms with Crippen molar-refractivity contribution in [3.05, 3.63) is 47.2 Å². The Morgan fingerprint density at radius 2 is 2.05 bits per heavy atom. The molecule has 0 saturated carbocycles. The second kappa shape index (κ2) is 6.43. The van der Waals surface area contributed by atoms with Gasteiger partial charge in [0.2, 0.25) is 5.88 Å². The average Bonchev–Trinajstić information content (AvgIpc) is 2.47. The molecule has 0 spiro atoms. The molecule has 0 radical (unpaired) electrons. The highest BCUT2D eigenvalue weighted by molar-refractivity contribution is 5.24. The highest BCUT2D eigenvalue weighted by Crippen LogP contribution is 2.15. The Kier molecular flexibility index (Phi) is 4.63. The highest BCUT2D eigenvalue weighted by atomic mass is 16.5. The maximum atomic E-state index is 5.04. The van der Waals surface area contributed by atoms with Crippen LogP contribution in [0.4, 0.5) is 0 Å². The van der Waals surface area contributed by atoms with Crippen LogP contribution >= 0.6 is 0 Å². The summed E-state index contributed by atoms with van der Waals surface area (Å²) in [6.45, 7) is 4.11. The van der Waals surface area contributed by atoms with Gasteiger partial charge in [0.25, 0.3) is 0 Å². The number of nitrogens with one attached hydrogen (secondary N) is 1. The summed E-state index contributed by atoms with van der Waals surface area (Å²) in [7, 11) is 3.54. The number of pyridine rings is 1. The standard InChI is InChI=1S/C15H20N4O/c1-10(16-3)13-9-17-14(19-11(13)2)7-12-5-6-15(20-4)18-8-12/h5-6,8-10,16H,7H2,1-4H3. The van der Waals surface area contributed by atoms with Gasteiger partial charge >= 0.3 is 0 Å². The van der Waals surface area contributed by atoms with E-state index in [9.17, 15) is 0 Å². The molecule has 20 heavy (non-hydrogen) atoms. The number of rotatable bonds is 5. The van der Waals surface area contributed by atoms with Gasteiger partial charge in [0, 0.05) is 42.2 Å². The number of aromatic nitrogens is 3. The summed E-state index contributed by atoms with van der Waals surface area (Å²) in [5, 5.41) is 3.20. The van der Waals surface area contributed by atoms with E-state index in [2.05, 4.69) is 27.2 Å². The third-order valence-electron chi connectivity index (χ3n) is 3.34. The van der Waals surface area contributed by atoms with Gasteiger partial charge in [-0.2, -0.15) is 0 Å². The minimum Gasteiger partial charge on any atom is -0.481 e. The molecule has 0 aliphatic heterocycles. The molecule has 0 aliphatic carbocycles. The molecule has 106 valence electrons. The van der Waals surface area contributed by atoms with Crippen LogP contribution in [-0.4, -0.2) is 29.1 Å². The van der Waals surface area contributed by atoms with Crippen molar-refractivity contribution < 1.29 is 4.74 Å². The van der Waals surface area contributed by atoms with Gasteiger partial charge in [-0.3, -0.25) is 0 Å². The van der Waals surface area contributed by atoms with Crippen molar-refractivity contribution in [2.75, 3.05) is 14.2 Å². The number of hydrogen-bond acceptors (Lipinski definition) is 5. The zero-order chi connectivity index (χ0) is 14.5. The Hall–Kier alpha value is -2.01. The Morgan fingerprint density at radius 3 is 2.60 bits per heavy atom. The largest absolute Gasteiger partial charge is 0.481 e. The summed E-state index contributed by atoms with van der Waals surface area (Å²) in [4.78, 5) is 13.2. The summed E-state index contributed by atoms with van der Waals surface area (Å²) in [5.74, 6) is 1.42. The van der Waals surface area contributed by atoms with Crippen LogP contribution in [-0.2, 0) is 6.42 Å². The lowest BCUT2D eigenvalue weighted by molar-refractivity contribution is 0.397. The molecule has 5 heteroatoms. The molecule has 2 aromatic rings. The third-order valence-corrected chi connectivity index (χ3v) is 3.34. The first-order valence-electron chi connectivity index (χ1n) is 6.62. The second-order valence-electron chi connectivity index (χ2n) is 4.72. The van der Waals surface area contributed by atoms with Crippen molar-refractivity contribution in [1.29, 1.82) is 0 Å². The number of aryl methyl sites for hydroxylation is 1. The molecular formula is C15H20N4O. The highest BCUT2D eigenvalue weighted by Gasteiger charge is 2.09. The van der Waals surface area contributed by atoms with Gasteiger partial charge in [0.15, 0.2) is 0 Å². The summed E-state index contributed by atoms with van der Waals surface area (Å²) >= 11 is 0. The molecule has 1 N–H and O–H groups in total. The van der Waals surface area contributed by atoms with Crippen LogP contribution in [0.5, 0.6) is 5.88 Å². The van der Waals surface area contributed by atoms with E-state index >= 15 is 0 Å². The zero-order valence-corrected chi connectivity index (χ0v) is 12.3. The Morgan fingerprint density at radius 1 is 1.25 bits per heavy atom. The van der Waals surface area contributed by atoms with E-state index in [0.717, 1.165) is 22.6 Å². The van der Waals surface area contributed by atoms with E-state index in [1.165, 1.54) is 0 Å². The van der Waals surface area contributed by atoms with Crippen molar-refractivity contribution >= 4 is 0 Å². The molecule has 0 fully saturated rings. The molecule has 0 amide bonds. The van der Waals surface area contributed by atoms with Crippen LogP contribution in [0, 0.1) is 6.92 Å². The van der Waals surface area contributed by atoms with Crippen LogP contribution in [0.15, 0.2) is 24.5 Å². The molecule has 2 rings (SSSR count). The minimum atomic E-state index is 0.256. The first-order chi connectivity index (χ1) is 9.63. The monoisotopic (exact) mass is 272 g/mol. The maximum Gasteiger partial charge on any atom is 0.212 e. The van der Waals surface area contributed by atoms with E-state index in [1.54, 1.807) is 13.3 Å². The SMILES string of the molecule is CNC(C)c1cnc(Cc2ccc(OC)nc2)nc1C. The van der Waals surface area contributed by atoms with Crippen LogP contribution in [0.2, 0.25) is 0 Å². The van der Waals surface area contributed by atoms with Gasteiger partial charge in [-0.05, 0) is 26.5 Å². The molecule has 2 aromatic heterocycles. The number of methoxy groups -OCH3 is 1. The molecule has 0 saturated heterocycles. The van der Waals surface area contributed by atoms with Crippen LogP contribution in [0.25, 0.3) is 0 Å². The molecule has 1 atom stereocenters. The van der Waals surface area contributed by atoms with E-state index < -0.39 is 0 Å². The maximum absolute atomic E-state index is 5.04. The van der Waals surface area contributed by atoms with E-state index in [4.69, 9.17) is 4.74 Å². The number of nitrogens with zero attached hydrogens (tertiary/aromatic N) is 3. The van der Waals surface area contributed by atoms with E-state index in [-0.39, 0.29) is 6.04 Å². The topological polar surface area (TPSA) is 59.9 Å². The van der Waals surface area contributed by atoms with Gasteiger partial charge in [0.05, 0.1) is 7.11 Å². The Balaban J connectivity index is 2.15. The molecule has 0 aromatic carbocycles. The minimum absolute atomic E-state index is 0.256. The predicted molar refractivity (Wildman–Crippen MR) is 77.8 cm³/mol. The van der Waals surface area contributed by atoms with Gasteiger partial charge in [-0.1, -0.05) is 6.07 Å². The molecule has 0 aliphatic rings. The normalized spacial score (nSPS) is 12.2. The molecular weight excluding hydrogens is 252 g/mol. The van der Waals surface area contributed by atoms with Crippen LogP contribution in [0.1, 0.15) is 35.6 Å². The predicted octanol–water partition coefficient (Wildman–Crippen LogP) is 2.06. The summed E-state index contributed by atoms with van der Waals surface area (Å²) in [6.07, 6.45) is 4.36. The van der Waals surface area contributed by atoms with Gasteiger partial charge in [-0.25, -0.2) is 15.0 Å². The van der Waals surface area contributed by atoms with Crippen LogP contribution < -0.4 is 10.1 Å². The first kappa shape index (κ1) is 14.4. The van der Waals surface area contributed by atoms with Gasteiger partial charge in [-0.15, -0.1) is 0 Å². The third kappa shape index (κ3) is 3.30. The fourth-order valence-electron chi connectivity index (χ4n) is 2.01. The lowest BCUT2D eigenvalue weighted by atomic mass is 10.1. The molecule has 5 nitrogen and oxygen atoms in total. The quantitative estimate of drug-likeness (QED) is 0.902. The van der Waals surface area contributed by atoms with E-state index in [1.807, 2.05) is 32.3 Å². The smallest absolute Gasteiger partial charge is 0.212 e. The summed E-state index contributed by atoms with van der Waals surface area (Å²) in [6, 6.07) is 4.08. The lowest BCUT2D eigenvalue weighted by Crippen LogP contribution is -2.15. The molecule has 2 heterocycles. The molecule has 1 unspecified atom stereocenters. The van der Waals surface area contributed by atoms with Crippen molar-refractivity contribution in [3.8, 4) is 5.88 Å². The van der Waals surface area contributed by atoms with Crippen molar-refractivity contribution in [3.63, 3.8) is 0 Å². The summed E-state index contributed by atoms with van der Waals surface area (Å²) in [5.41, 5.74) is 3.21. The summed E-state index contributed by atoms with van der Waals surface area (Å²) < 4.78 is 5.04. The molecule has 0 bridgehead atoms. The fourth-order valence-corrected chi connectivity index (χ4v) is 2.01. The van der Waals surface area contributed by atoms with Crippen molar-refractivity contribution in [2.24, 2.45) is 0 Å². The lowest BCUT2D eigenvalue weighted by Gasteiger charge is -2.13. The second-order valence-corrected chi connectivity index (χ2v) is 4.72. The Bertz CT molecular complexity index is 569. The Labute approximate surface area is 119 Å². The number of hydrogen-bond donors (Lipinski definition) is 1. The fraction of sp³-hybridized carbons (Fsp3) is 0.400.